The minimum absolute atomic E-state index is 0.237. The van der Waals surface area contributed by atoms with Crippen LogP contribution in [-0.2, 0) is 4.79 Å². The van der Waals surface area contributed by atoms with E-state index < -0.39 is 5.97 Å². The van der Waals surface area contributed by atoms with Crippen molar-refractivity contribution in [2.45, 2.75) is 38.6 Å². The Bertz CT molecular complexity index is 598. The number of hydrogen-bond acceptors (Lipinski definition) is 4. The topological polar surface area (TPSA) is 86.9 Å². The van der Waals surface area contributed by atoms with E-state index in [0.717, 1.165) is 43.6 Å². The highest BCUT2D eigenvalue weighted by molar-refractivity contribution is 5.89. The number of likely N-dealkylation sites (N-methyl/N-ethyl adjacent to an activating group) is 1. The summed E-state index contributed by atoms with van der Waals surface area (Å²) in [5.74, 6) is -0.299. The van der Waals surface area contributed by atoms with Crippen LogP contribution in [0.25, 0.3) is 0 Å². The molecule has 6 heteroatoms. The average molecular weight is 347 g/mol. The fraction of sp³-hybridized carbons (Fsp3) is 0.579. The maximum absolute atomic E-state index is 11.5. The Kier molecular flexibility index (Phi) is 6.96. The van der Waals surface area contributed by atoms with Crippen LogP contribution in [0.4, 0.5) is 5.69 Å². The Morgan fingerprint density at radius 2 is 1.96 bits per heavy atom. The van der Waals surface area contributed by atoms with E-state index in [9.17, 15) is 9.59 Å². The number of benzene rings is 1. The highest BCUT2D eigenvalue weighted by Gasteiger charge is 2.23. The lowest BCUT2D eigenvalue weighted by Crippen LogP contribution is -2.41. The molecule has 1 aromatic carbocycles. The van der Waals surface area contributed by atoms with Crippen molar-refractivity contribution in [1.29, 1.82) is 0 Å². The van der Waals surface area contributed by atoms with Gasteiger partial charge in [0.05, 0.1) is 5.56 Å². The van der Waals surface area contributed by atoms with Gasteiger partial charge in [-0.2, -0.15) is 0 Å². The first-order chi connectivity index (χ1) is 12.0. The lowest BCUT2D eigenvalue weighted by molar-refractivity contribution is -0.107. The SMILES string of the molecule is Cc1cc(C(=O)O)ccc1N(C=O)CCN(C)C1CCC(CN)CC1. The third-order valence-corrected chi connectivity index (χ3v) is 5.35. The van der Waals surface area contributed by atoms with Crippen molar-refractivity contribution in [3.63, 3.8) is 0 Å². The number of aromatic carboxylic acids is 1. The summed E-state index contributed by atoms with van der Waals surface area (Å²) in [6.45, 7) is 3.98. The van der Waals surface area contributed by atoms with Crippen LogP contribution in [0.5, 0.6) is 0 Å². The molecule has 0 spiro atoms. The number of hydrogen-bond donors (Lipinski definition) is 2. The van der Waals surface area contributed by atoms with Crippen molar-refractivity contribution in [2.75, 3.05) is 31.6 Å². The Labute approximate surface area is 149 Å². The highest BCUT2D eigenvalue weighted by Crippen LogP contribution is 2.26. The molecule has 3 N–H and O–H groups in total. The molecule has 1 aliphatic rings. The van der Waals surface area contributed by atoms with Crippen molar-refractivity contribution in [2.24, 2.45) is 11.7 Å². The van der Waals surface area contributed by atoms with E-state index >= 15 is 0 Å². The van der Waals surface area contributed by atoms with Crippen LogP contribution in [0.15, 0.2) is 18.2 Å². The molecule has 0 unspecified atom stereocenters. The summed E-state index contributed by atoms with van der Waals surface area (Å²) in [7, 11) is 2.11. The molecule has 0 aliphatic heterocycles. The van der Waals surface area contributed by atoms with Crippen LogP contribution >= 0.6 is 0 Å². The standard InChI is InChI=1S/C19H29N3O3/c1-14-11-16(19(24)25)5-8-18(14)22(13-23)10-9-21(2)17-6-3-15(12-20)4-7-17/h5,8,11,13,15,17H,3-4,6-7,9-10,12,20H2,1-2H3,(H,24,25). The number of nitrogens with two attached hydrogens (primary N) is 1. The summed E-state index contributed by atoms with van der Waals surface area (Å²) in [6, 6.07) is 5.40. The van der Waals surface area contributed by atoms with Gasteiger partial charge in [-0.3, -0.25) is 4.79 Å². The second-order valence-corrected chi connectivity index (χ2v) is 7.00. The predicted octanol–water partition coefficient (Wildman–Crippen LogP) is 2.11. The van der Waals surface area contributed by atoms with Crippen molar-refractivity contribution in [1.82, 2.24) is 4.90 Å². The maximum atomic E-state index is 11.5. The second-order valence-electron chi connectivity index (χ2n) is 7.00. The van der Waals surface area contributed by atoms with Gasteiger partial charge in [-0.1, -0.05) is 0 Å². The fourth-order valence-electron chi connectivity index (χ4n) is 3.61. The Morgan fingerprint density at radius 3 is 2.48 bits per heavy atom. The number of nitrogens with zero attached hydrogens (tertiary/aromatic N) is 2. The minimum atomic E-state index is -0.958. The summed E-state index contributed by atoms with van der Waals surface area (Å²) in [4.78, 5) is 26.5. The lowest BCUT2D eigenvalue weighted by Gasteiger charge is -2.35. The molecule has 0 saturated heterocycles. The third-order valence-electron chi connectivity index (χ3n) is 5.35. The highest BCUT2D eigenvalue weighted by atomic mass is 16.4. The van der Waals surface area contributed by atoms with Crippen LogP contribution in [0, 0.1) is 12.8 Å². The van der Waals surface area contributed by atoms with Crippen molar-refractivity contribution < 1.29 is 14.7 Å². The largest absolute Gasteiger partial charge is 0.478 e. The molecule has 1 aromatic rings. The van der Waals surface area contributed by atoms with E-state index in [1.165, 1.54) is 12.8 Å². The summed E-state index contributed by atoms with van der Waals surface area (Å²) < 4.78 is 0. The zero-order chi connectivity index (χ0) is 18.4. The van der Waals surface area contributed by atoms with Gasteiger partial charge in [0.1, 0.15) is 0 Å². The van der Waals surface area contributed by atoms with Gasteiger partial charge in [-0.25, -0.2) is 4.79 Å². The third kappa shape index (κ3) is 5.03. The number of carboxylic acid groups (broad SMARTS) is 1. The second kappa shape index (κ2) is 8.97. The van der Waals surface area contributed by atoms with Gasteiger partial charge in [0, 0.05) is 24.8 Å². The molecule has 25 heavy (non-hydrogen) atoms. The first-order valence-corrected chi connectivity index (χ1v) is 8.92. The summed E-state index contributed by atoms with van der Waals surface area (Å²) in [6.07, 6.45) is 5.50. The molecule has 0 aromatic heterocycles. The number of carbonyl (C=O) groups excluding carboxylic acids is 1. The van der Waals surface area contributed by atoms with E-state index in [1.54, 1.807) is 23.1 Å². The lowest BCUT2D eigenvalue weighted by atomic mass is 9.85. The van der Waals surface area contributed by atoms with Crippen molar-refractivity contribution in [3.05, 3.63) is 29.3 Å². The number of carboxylic acids is 1. The average Bonchev–Trinajstić information content (AvgIpc) is 2.62. The summed E-state index contributed by atoms with van der Waals surface area (Å²) >= 11 is 0. The maximum Gasteiger partial charge on any atom is 0.335 e. The van der Waals surface area contributed by atoms with Crippen molar-refractivity contribution in [3.8, 4) is 0 Å². The number of amides is 1. The fourth-order valence-corrected chi connectivity index (χ4v) is 3.61. The molecular formula is C19H29N3O3. The number of rotatable bonds is 8. The van der Waals surface area contributed by atoms with E-state index in [0.29, 0.717) is 18.5 Å². The number of anilines is 1. The number of carbonyl (C=O) groups is 2. The molecule has 0 heterocycles. The zero-order valence-electron chi connectivity index (χ0n) is 15.1. The smallest absolute Gasteiger partial charge is 0.335 e. The van der Waals surface area contributed by atoms with Crippen LogP contribution in [0.1, 0.15) is 41.6 Å². The van der Waals surface area contributed by atoms with Gasteiger partial charge in [-0.05, 0) is 75.9 Å². The van der Waals surface area contributed by atoms with Crippen molar-refractivity contribution >= 4 is 18.1 Å². The quantitative estimate of drug-likeness (QED) is 0.703. The van der Waals surface area contributed by atoms with E-state index in [4.69, 9.17) is 10.8 Å². The molecule has 1 amide bonds. The van der Waals surface area contributed by atoms with Gasteiger partial charge < -0.3 is 20.6 Å². The van der Waals surface area contributed by atoms with Crippen LogP contribution in [0.2, 0.25) is 0 Å². The first-order valence-electron chi connectivity index (χ1n) is 8.92. The molecule has 1 fully saturated rings. The minimum Gasteiger partial charge on any atom is -0.478 e. The van der Waals surface area contributed by atoms with E-state index in [-0.39, 0.29) is 5.56 Å². The Morgan fingerprint density at radius 1 is 1.28 bits per heavy atom. The predicted molar refractivity (Wildman–Crippen MR) is 99.0 cm³/mol. The van der Waals surface area contributed by atoms with Crippen LogP contribution in [0.3, 0.4) is 0 Å². The van der Waals surface area contributed by atoms with Gasteiger partial charge in [-0.15, -0.1) is 0 Å². The molecule has 6 nitrogen and oxygen atoms in total. The van der Waals surface area contributed by atoms with Gasteiger partial charge >= 0.3 is 5.97 Å². The molecule has 1 saturated carbocycles. The van der Waals surface area contributed by atoms with Gasteiger partial charge in [0.25, 0.3) is 0 Å². The molecule has 1 aliphatic carbocycles. The number of aryl methyl sites for hydroxylation is 1. The normalized spacial score (nSPS) is 20.5. The van der Waals surface area contributed by atoms with E-state index in [1.807, 2.05) is 6.92 Å². The van der Waals surface area contributed by atoms with Gasteiger partial charge in [0.15, 0.2) is 0 Å². The molecule has 0 atom stereocenters. The van der Waals surface area contributed by atoms with Gasteiger partial charge in [0.2, 0.25) is 6.41 Å². The molecule has 0 radical (unpaired) electrons. The monoisotopic (exact) mass is 347 g/mol. The Balaban J connectivity index is 1.94. The molecule has 138 valence electrons. The summed E-state index contributed by atoms with van der Waals surface area (Å²) in [5.41, 5.74) is 7.54. The van der Waals surface area contributed by atoms with Crippen LogP contribution < -0.4 is 10.6 Å². The molecular weight excluding hydrogens is 318 g/mol. The van der Waals surface area contributed by atoms with Crippen LogP contribution in [-0.4, -0.2) is 55.1 Å². The zero-order valence-corrected chi connectivity index (χ0v) is 15.1. The molecule has 2 rings (SSSR count). The summed E-state index contributed by atoms with van der Waals surface area (Å²) in [5, 5.41) is 9.06. The first kappa shape index (κ1) is 19.4. The van der Waals surface area contributed by atoms with E-state index in [2.05, 4.69) is 11.9 Å². The molecule has 0 bridgehead atoms. The Hall–Kier alpha value is -1.92.